The standard InChI is InChI=1S/C11H20N2O7/c12-8(11(17)18)1-2-9(14)13-3-4-19-5-6-20-7-10(15)16/h8H,1-7,12H2,(H,13,14)(H,15,16)(H,17,18)/t8-/m0/s1. The number of rotatable bonds is 12. The molecule has 0 aromatic heterocycles. The number of hydrogen-bond acceptors (Lipinski definition) is 6. The molecule has 0 fully saturated rings. The zero-order valence-electron chi connectivity index (χ0n) is 11.0. The second-order valence-corrected chi connectivity index (χ2v) is 3.89. The highest BCUT2D eigenvalue weighted by atomic mass is 16.5. The molecule has 0 heterocycles. The molecule has 0 radical (unpaired) electrons. The predicted molar refractivity (Wildman–Crippen MR) is 67.1 cm³/mol. The molecule has 9 nitrogen and oxygen atoms in total. The highest BCUT2D eigenvalue weighted by molar-refractivity contribution is 5.78. The molecule has 0 spiro atoms. The lowest BCUT2D eigenvalue weighted by molar-refractivity contribution is -0.143. The first-order valence-corrected chi connectivity index (χ1v) is 6.06. The van der Waals surface area contributed by atoms with Gasteiger partial charge in [0.25, 0.3) is 0 Å². The highest BCUT2D eigenvalue weighted by Gasteiger charge is 2.12. The Kier molecular flexibility index (Phi) is 10.2. The van der Waals surface area contributed by atoms with Crippen LogP contribution in [0.15, 0.2) is 0 Å². The van der Waals surface area contributed by atoms with Crippen molar-refractivity contribution >= 4 is 17.8 Å². The van der Waals surface area contributed by atoms with Gasteiger partial charge in [0.05, 0.1) is 19.8 Å². The summed E-state index contributed by atoms with van der Waals surface area (Å²) < 4.78 is 9.81. The third-order valence-electron chi connectivity index (χ3n) is 2.17. The highest BCUT2D eigenvalue weighted by Crippen LogP contribution is 1.94. The van der Waals surface area contributed by atoms with Crippen molar-refractivity contribution in [3.05, 3.63) is 0 Å². The summed E-state index contributed by atoms with van der Waals surface area (Å²) in [6.07, 6.45) is 0.111. The number of carbonyl (C=O) groups is 3. The van der Waals surface area contributed by atoms with E-state index in [-0.39, 0.29) is 51.7 Å². The molecule has 0 aliphatic rings. The topological polar surface area (TPSA) is 148 Å². The molecule has 9 heteroatoms. The van der Waals surface area contributed by atoms with Crippen molar-refractivity contribution in [3.8, 4) is 0 Å². The molecule has 20 heavy (non-hydrogen) atoms. The minimum absolute atomic E-state index is 0.0369. The van der Waals surface area contributed by atoms with Crippen LogP contribution in [-0.4, -0.2) is 67.1 Å². The first-order valence-electron chi connectivity index (χ1n) is 6.06. The fraction of sp³-hybridized carbons (Fsp3) is 0.727. The van der Waals surface area contributed by atoms with Crippen LogP contribution in [0, 0.1) is 0 Å². The van der Waals surface area contributed by atoms with E-state index in [9.17, 15) is 14.4 Å². The first kappa shape index (κ1) is 18.3. The molecule has 5 N–H and O–H groups in total. The number of carboxylic acids is 2. The average Bonchev–Trinajstić information content (AvgIpc) is 2.38. The molecule has 1 amide bonds. The predicted octanol–water partition coefficient (Wildman–Crippen LogP) is -1.59. The molecule has 0 aliphatic carbocycles. The van der Waals surface area contributed by atoms with E-state index >= 15 is 0 Å². The van der Waals surface area contributed by atoms with Crippen LogP contribution in [-0.2, 0) is 23.9 Å². The molecule has 0 rings (SSSR count). The third kappa shape index (κ3) is 11.4. The normalized spacial score (nSPS) is 11.8. The van der Waals surface area contributed by atoms with Gasteiger partial charge in [0.15, 0.2) is 0 Å². The van der Waals surface area contributed by atoms with Gasteiger partial charge in [0.1, 0.15) is 12.6 Å². The van der Waals surface area contributed by atoms with Crippen LogP contribution < -0.4 is 11.1 Å². The molecule has 0 bridgehead atoms. The van der Waals surface area contributed by atoms with Gasteiger partial charge in [-0.15, -0.1) is 0 Å². The van der Waals surface area contributed by atoms with Gasteiger partial charge in [-0.3, -0.25) is 9.59 Å². The van der Waals surface area contributed by atoms with Crippen molar-refractivity contribution in [3.63, 3.8) is 0 Å². The van der Waals surface area contributed by atoms with Crippen molar-refractivity contribution in [2.75, 3.05) is 33.0 Å². The first-order chi connectivity index (χ1) is 9.43. The maximum absolute atomic E-state index is 11.3. The van der Waals surface area contributed by atoms with E-state index in [1.807, 2.05) is 0 Å². The molecular formula is C11H20N2O7. The molecule has 0 saturated carbocycles. The molecule has 0 aromatic rings. The summed E-state index contributed by atoms with van der Waals surface area (Å²) in [5.41, 5.74) is 5.25. The van der Waals surface area contributed by atoms with E-state index in [0.717, 1.165) is 0 Å². The van der Waals surface area contributed by atoms with Crippen LogP contribution in [0.5, 0.6) is 0 Å². The maximum Gasteiger partial charge on any atom is 0.329 e. The van der Waals surface area contributed by atoms with Crippen LogP contribution in [0.4, 0.5) is 0 Å². The smallest absolute Gasteiger partial charge is 0.329 e. The lowest BCUT2D eigenvalue weighted by Gasteiger charge is -2.08. The fourth-order valence-corrected chi connectivity index (χ4v) is 1.14. The van der Waals surface area contributed by atoms with Gasteiger partial charge in [-0.05, 0) is 6.42 Å². The number of carbonyl (C=O) groups excluding carboxylic acids is 1. The summed E-state index contributed by atoms with van der Waals surface area (Å²) in [5.74, 6) is -2.48. The van der Waals surface area contributed by atoms with Gasteiger partial charge < -0.3 is 30.7 Å². The number of amides is 1. The third-order valence-corrected chi connectivity index (χ3v) is 2.17. The van der Waals surface area contributed by atoms with Crippen LogP contribution in [0.3, 0.4) is 0 Å². The number of ether oxygens (including phenoxy) is 2. The van der Waals surface area contributed by atoms with Crippen LogP contribution in [0.1, 0.15) is 12.8 Å². The molecule has 0 unspecified atom stereocenters. The fourth-order valence-electron chi connectivity index (χ4n) is 1.14. The van der Waals surface area contributed by atoms with Crippen LogP contribution >= 0.6 is 0 Å². The van der Waals surface area contributed by atoms with Crippen molar-refractivity contribution in [1.82, 2.24) is 5.32 Å². The number of nitrogens with two attached hydrogens (primary N) is 1. The lowest BCUT2D eigenvalue weighted by atomic mass is 10.1. The van der Waals surface area contributed by atoms with Gasteiger partial charge in [0, 0.05) is 13.0 Å². The number of nitrogens with one attached hydrogen (secondary N) is 1. The van der Waals surface area contributed by atoms with E-state index in [1.54, 1.807) is 0 Å². The number of aliphatic carboxylic acids is 2. The van der Waals surface area contributed by atoms with Crippen molar-refractivity contribution in [2.24, 2.45) is 5.73 Å². The monoisotopic (exact) mass is 292 g/mol. The largest absolute Gasteiger partial charge is 0.480 e. The summed E-state index contributed by atoms with van der Waals surface area (Å²) in [5, 5.41) is 19.3. The molecule has 116 valence electrons. The summed E-state index contributed by atoms with van der Waals surface area (Å²) in [7, 11) is 0. The molecule has 0 aliphatic heterocycles. The van der Waals surface area contributed by atoms with Crippen molar-refractivity contribution < 1.29 is 34.1 Å². The summed E-state index contributed by atoms with van der Waals surface area (Å²) in [6, 6.07) is -1.04. The summed E-state index contributed by atoms with van der Waals surface area (Å²) in [4.78, 5) is 31.8. The van der Waals surface area contributed by atoms with E-state index in [1.165, 1.54) is 0 Å². The molecule has 0 aromatic carbocycles. The van der Waals surface area contributed by atoms with Gasteiger partial charge in [-0.1, -0.05) is 0 Å². The van der Waals surface area contributed by atoms with Crippen LogP contribution in [0.2, 0.25) is 0 Å². The Balaban J connectivity index is 3.35. The average molecular weight is 292 g/mol. The lowest BCUT2D eigenvalue weighted by Crippen LogP contribution is -2.33. The zero-order chi connectivity index (χ0) is 15.4. The van der Waals surface area contributed by atoms with Gasteiger partial charge in [-0.2, -0.15) is 0 Å². The van der Waals surface area contributed by atoms with Gasteiger partial charge in [-0.25, -0.2) is 4.79 Å². The Labute approximate surface area is 116 Å². The van der Waals surface area contributed by atoms with E-state index < -0.39 is 18.0 Å². The Morgan fingerprint density at radius 2 is 1.75 bits per heavy atom. The maximum atomic E-state index is 11.3. The van der Waals surface area contributed by atoms with E-state index in [2.05, 4.69) is 5.32 Å². The molecule has 1 atom stereocenters. The van der Waals surface area contributed by atoms with Crippen molar-refractivity contribution in [1.29, 1.82) is 0 Å². The van der Waals surface area contributed by atoms with Gasteiger partial charge in [0.2, 0.25) is 5.91 Å². The van der Waals surface area contributed by atoms with Crippen LogP contribution in [0.25, 0.3) is 0 Å². The van der Waals surface area contributed by atoms with Crippen molar-refractivity contribution in [2.45, 2.75) is 18.9 Å². The minimum atomic E-state index is -1.14. The SMILES string of the molecule is N[C@@H](CCC(=O)NCCOCCOCC(=O)O)C(=O)O. The Bertz CT molecular complexity index is 322. The Morgan fingerprint density at radius 3 is 2.35 bits per heavy atom. The number of hydrogen-bond donors (Lipinski definition) is 4. The quantitative estimate of drug-likeness (QED) is 0.315. The Hall–Kier alpha value is -1.71. The summed E-state index contributed by atoms with van der Waals surface area (Å²) >= 11 is 0. The second kappa shape index (κ2) is 11.1. The second-order valence-electron chi connectivity index (χ2n) is 3.89. The molecular weight excluding hydrogens is 272 g/mol. The van der Waals surface area contributed by atoms with Gasteiger partial charge >= 0.3 is 11.9 Å². The van der Waals surface area contributed by atoms with E-state index in [0.29, 0.717) is 0 Å². The minimum Gasteiger partial charge on any atom is -0.480 e. The molecule has 0 saturated heterocycles. The number of carboxylic acid groups (broad SMARTS) is 2. The Morgan fingerprint density at radius 1 is 1.10 bits per heavy atom. The summed E-state index contributed by atoms with van der Waals surface area (Å²) in [6.45, 7) is 0.553. The zero-order valence-corrected chi connectivity index (χ0v) is 11.0. The van der Waals surface area contributed by atoms with E-state index in [4.69, 9.17) is 25.4 Å².